The minimum Gasteiger partial charge on any atom is -0.480 e. The van der Waals surface area contributed by atoms with Gasteiger partial charge in [-0.25, -0.2) is 0 Å². The molecule has 0 saturated heterocycles. The van der Waals surface area contributed by atoms with E-state index in [2.05, 4.69) is 87.7 Å². The minimum atomic E-state index is 0.617. The predicted molar refractivity (Wildman–Crippen MR) is 132 cm³/mol. The third-order valence-corrected chi connectivity index (χ3v) is 6.20. The Labute approximate surface area is 191 Å². The average molecular weight is 436 g/mol. The Bertz CT molecular complexity index is 1250. The molecule has 5 rings (SSSR count). The highest BCUT2D eigenvalue weighted by Gasteiger charge is 2.17. The summed E-state index contributed by atoms with van der Waals surface area (Å²) in [5.74, 6) is 0.617. The molecule has 0 aliphatic carbocycles. The first-order valence-corrected chi connectivity index (χ1v) is 11.1. The maximum Gasteiger partial charge on any atom is 0.232 e. The maximum absolute atomic E-state index is 5.58. The molecule has 0 saturated carbocycles. The summed E-state index contributed by atoms with van der Waals surface area (Å²) >= 11 is 1.59. The number of thiazole rings is 1. The van der Waals surface area contributed by atoms with Gasteiger partial charge in [-0.1, -0.05) is 54.6 Å². The Hall–Kier alpha value is -3.96. The molecule has 2 aromatic heterocycles. The molecule has 0 N–H and O–H groups in total. The van der Waals surface area contributed by atoms with E-state index in [1.165, 1.54) is 0 Å². The molecule has 5 heteroatoms. The van der Waals surface area contributed by atoms with Crippen LogP contribution < -0.4 is 9.64 Å². The van der Waals surface area contributed by atoms with E-state index >= 15 is 0 Å². The monoisotopic (exact) mass is 435 g/mol. The van der Waals surface area contributed by atoms with Gasteiger partial charge in [-0.2, -0.15) is 4.98 Å². The molecule has 32 heavy (non-hydrogen) atoms. The fourth-order valence-corrected chi connectivity index (χ4v) is 4.61. The number of hydrogen-bond acceptors (Lipinski definition) is 5. The van der Waals surface area contributed by atoms with Gasteiger partial charge in [-0.15, -0.1) is 11.3 Å². The number of rotatable bonds is 6. The average Bonchev–Trinajstić information content (AvgIpc) is 3.31. The lowest BCUT2D eigenvalue weighted by molar-refractivity contribution is 0.402. The van der Waals surface area contributed by atoms with Gasteiger partial charge in [0.15, 0.2) is 0 Å². The Morgan fingerprint density at radius 3 is 1.84 bits per heavy atom. The molecule has 5 aromatic rings. The number of methoxy groups -OCH3 is 1. The summed E-state index contributed by atoms with van der Waals surface area (Å²) in [5, 5.41) is 0.844. The van der Waals surface area contributed by atoms with Crippen molar-refractivity contribution in [1.82, 2.24) is 9.97 Å². The van der Waals surface area contributed by atoms with Crippen molar-refractivity contribution in [2.75, 3.05) is 12.0 Å². The van der Waals surface area contributed by atoms with E-state index in [0.717, 1.165) is 38.2 Å². The van der Waals surface area contributed by atoms with Crippen LogP contribution >= 0.6 is 11.3 Å². The van der Waals surface area contributed by atoms with E-state index in [-0.39, 0.29) is 0 Å². The summed E-state index contributed by atoms with van der Waals surface area (Å²) in [6.07, 6.45) is 1.78. The molecule has 0 fully saturated rings. The van der Waals surface area contributed by atoms with Crippen molar-refractivity contribution in [3.8, 4) is 27.0 Å². The molecule has 0 aliphatic heterocycles. The van der Waals surface area contributed by atoms with Crippen LogP contribution in [-0.4, -0.2) is 17.1 Å². The van der Waals surface area contributed by atoms with Crippen LogP contribution in [0.1, 0.15) is 0 Å². The van der Waals surface area contributed by atoms with Crippen LogP contribution in [-0.2, 0) is 0 Å². The molecule has 0 bridgehead atoms. The first-order valence-electron chi connectivity index (χ1n) is 10.3. The molecule has 0 spiro atoms. The molecule has 0 unspecified atom stereocenters. The number of hydrogen-bond donors (Lipinski definition) is 0. The number of nitrogens with zero attached hydrogens (tertiary/aromatic N) is 3. The molecular formula is C27H21N3OS. The van der Waals surface area contributed by atoms with E-state index in [4.69, 9.17) is 4.74 Å². The predicted octanol–water partition coefficient (Wildman–Crippen LogP) is 7.35. The molecule has 0 amide bonds. The van der Waals surface area contributed by atoms with Crippen LogP contribution in [0.2, 0.25) is 0 Å². The van der Waals surface area contributed by atoms with Crippen molar-refractivity contribution in [1.29, 1.82) is 0 Å². The van der Waals surface area contributed by atoms with E-state index in [1.807, 2.05) is 30.3 Å². The highest BCUT2D eigenvalue weighted by Crippen LogP contribution is 2.41. The SMILES string of the molecule is COc1nc(-c2ccccn2)sc1-c1ccc(N(c2ccccc2)c2ccccc2)cc1. The summed E-state index contributed by atoms with van der Waals surface area (Å²) in [6.45, 7) is 0. The number of ether oxygens (including phenoxy) is 1. The highest BCUT2D eigenvalue weighted by atomic mass is 32.1. The standard InChI is InChI=1S/C27H21N3OS/c1-31-26-25(32-27(29-26)24-14-8-9-19-28-24)20-15-17-23(18-16-20)30(21-10-4-2-5-11-21)22-12-6-3-7-13-22/h2-19H,1H3. The zero-order valence-electron chi connectivity index (χ0n) is 17.6. The Balaban J connectivity index is 1.53. The van der Waals surface area contributed by atoms with Crippen molar-refractivity contribution < 1.29 is 4.74 Å². The fourth-order valence-electron chi connectivity index (χ4n) is 3.59. The van der Waals surface area contributed by atoms with E-state index in [1.54, 1.807) is 24.6 Å². The number of para-hydroxylation sites is 2. The van der Waals surface area contributed by atoms with E-state index in [9.17, 15) is 0 Å². The molecule has 2 heterocycles. The van der Waals surface area contributed by atoms with Crippen LogP contribution in [0, 0.1) is 0 Å². The lowest BCUT2D eigenvalue weighted by Crippen LogP contribution is -2.09. The van der Waals surface area contributed by atoms with Crippen LogP contribution in [0.4, 0.5) is 17.1 Å². The molecule has 3 aromatic carbocycles. The van der Waals surface area contributed by atoms with Crippen LogP contribution in [0.3, 0.4) is 0 Å². The van der Waals surface area contributed by atoms with Crippen molar-refractivity contribution in [2.45, 2.75) is 0 Å². The Morgan fingerprint density at radius 2 is 1.28 bits per heavy atom. The van der Waals surface area contributed by atoms with Crippen molar-refractivity contribution in [3.05, 3.63) is 109 Å². The van der Waals surface area contributed by atoms with Gasteiger partial charge in [-0.3, -0.25) is 4.98 Å². The fraction of sp³-hybridized carbons (Fsp3) is 0.0370. The van der Waals surface area contributed by atoms with Gasteiger partial charge in [0.2, 0.25) is 5.88 Å². The summed E-state index contributed by atoms with van der Waals surface area (Å²) in [4.78, 5) is 12.3. The smallest absolute Gasteiger partial charge is 0.232 e. The maximum atomic E-state index is 5.58. The second kappa shape index (κ2) is 9.04. The zero-order chi connectivity index (χ0) is 21.8. The largest absolute Gasteiger partial charge is 0.480 e. The zero-order valence-corrected chi connectivity index (χ0v) is 18.4. The molecule has 0 atom stereocenters. The van der Waals surface area contributed by atoms with Crippen molar-refractivity contribution >= 4 is 28.4 Å². The molecule has 0 radical (unpaired) electrons. The van der Waals surface area contributed by atoms with Gasteiger partial charge in [0.1, 0.15) is 5.01 Å². The topological polar surface area (TPSA) is 38.3 Å². The molecule has 4 nitrogen and oxygen atoms in total. The molecule has 156 valence electrons. The number of benzene rings is 3. The van der Waals surface area contributed by atoms with Gasteiger partial charge < -0.3 is 9.64 Å². The van der Waals surface area contributed by atoms with E-state index in [0.29, 0.717) is 5.88 Å². The van der Waals surface area contributed by atoms with E-state index < -0.39 is 0 Å². The lowest BCUT2D eigenvalue weighted by Gasteiger charge is -2.25. The third kappa shape index (κ3) is 3.98. The molecule has 0 aliphatic rings. The van der Waals surface area contributed by atoms with Crippen LogP contribution in [0.25, 0.3) is 21.1 Å². The minimum absolute atomic E-state index is 0.617. The quantitative estimate of drug-likeness (QED) is 0.279. The highest BCUT2D eigenvalue weighted by molar-refractivity contribution is 7.18. The normalized spacial score (nSPS) is 10.7. The van der Waals surface area contributed by atoms with Gasteiger partial charge in [-0.05, 0) is 54.1 Å². The second-order valence-electron chi connectivity index (χ2n) is 7.13. The van der Waals surface area contributed by atoms with Crippen LogP contribution in [0.15, 0.2) is 109 Å². The number of pyridine rings is 1. The third-order valence-electron chi connectivity index (χ3n) is 5.09. The summed E-state index contributed by atoms with van der Waals surface area (Å²) in [7, 11) is 1.65. The van der Waals surface area contributed by atoms with Gasteiger partial charge in [0, 0.05) is 23.3 Å². The number of aromatic nitrogens is 2. The van der Waals surface area contributed by atoms with Crippen molar-refractivity contribution in [3.63, 3.8) is 0 Å². The van der Waals surface area contributed by atoms with Crippen molar-refractivity contribution in [2.24, 2.45) is 0 Å². The summed E-state index contributed by atoms with van der Waals surface area (Å²) < 4.78 is 5.58. The summed E-state index contributed by atoms with van der Waals surface area (Å²) in [6, 6.07) is 35.1. The molecular weight excluding hydrogens is 414 g/mol. The van der Waals surface area contributed by atoms with Gasteiger partial charge in [0.25, 0.3) is 0 Å². The Morgan fingerprint density at radius 1 is 0.688 bits per heavy atom. The first-order chi connectivity index (χ1) is 15.8. The second-order valence-corrected chi connectivity index (χ2v) is 8.12. The number of anilines is 3. The van der Waals surface area contributed by atoms with Gasteiger partial charge >= 0.3 is 0 Å². The summed E-state index contributed by atoms with van der Waals surface area (Å²) in [5.41, 5.74) is 5.21. The first kappa shape index (κ1) is 20.0. The Kier molecular flexibility index (Phi) is 5.64. The lowest BCUT2D eigenvalue weighted by atomic mass is 10.1. The van der Waals surface area contributed by atoms with Crippen LogP contribution in [0.5, 0.6) is 5.88 Å². The van der Waals surface area contributed by atoms with Gasteiger partial charge in [0.05, 0.1) is 17.7 Å².